The van der Waals surface area contributed by atoms with E-state index < -0.39 is 5.60 Å². The molecule has 0 bridgehead atoms. The van der Waals surface area contributed by atoms with E-state index in [0.29, 0.717) is 25.9 Å². The van der Waals surface area contributed by atoms with Crippen LogP contribution in [0.3, 0.4) is 0 Å². The van der Waals surface area contributed by atoms with Gasteiger partial charge in [-0.3, -0.25) is 0 Å². The van der Waals surface area contributed by atoms with Crippen molar-refractivity contribution in [2.24, 2.45) is 0 Å². The molecule has 1 saturated heterocycles. The van der Waals surface area contributed by atoms with Crippen molar-refractivity contribution in [1.29, 1.82) is 0 Å². The summed E-state index contributed by atoms with van der Waals surface area (Å²) in [5.74, 6) is -0.240. The molecule has 1 aliphatic rings. The summed E-state index contributed by atoms with van der Waals surface area (Å²) < 4.78 is 18.6. The van der Waals surface area contributed by atoms with Crippen LogP contribution in [0.5, 0.6) is 0 Å². The maximum absolute atomic E-state index is 12.9. The fourth-order valence-corrected chi connectivity index (χ4v) is 2.68. The largest absolute Gasteiger partial charge is 0.389 e. The van der Waals surface area contributed by atoms with Gasteiger partial charge in [-0.05, 0) is 37.5 Å². The highest BCUT2D eigenvalue weighted by Crippen LogP contribution is 2.36. The van der Waals surface area contributed by atoms with E-state index in [4.69, 9.17) is 4.74 Å². The second-order valence-corrected chi connectivity index (χ2v) is 5.61. The van der Waals surface area contributed by atoms with Crippen LogP contribution >= 0.6 is 0 Å². The monoisotopic (exact) mass is 252 g/mol. The first-order chi connectivity index (χ1) is 8.45. The predicted octanol–water partition coefficient (Wildman–Crippen LogP) is 3.08. The Labute approximate surface area is 108 Å². The molecule has 0 saturated carbocycles. The molecule has 0 aromatic heterocycles. The summed E-state index contributed by atoms with van der Waals surface area (Å²) in [6.45, 7) is 4.70. The van der Waals surface area contributed by atoms with Crippen molar-refractivity contribution in [3.05, 3.63) is 35.6 Å². The fourth-order valence-electron chi connectivity index (χ4n) is 2.68. The molecule has 1 heterocycles. The van der Waals surface area contributed by atoms with Gasteiger partial charge in [-0.15, -0.1) is 0 Å². The van der Waals surface area contributed by atoms with Crippen molar-refractivity contribution < 1.29 is 14.2 Å². The summed E-state index contributed by atoms with van der Waals surface area (Å²) in [6.07, 6.45) is 2.72. The Morgan fingerprint density at radius 2 is 2.00 bits per heavy atom. The van der Waals surface area contributed by atoms with Gasteiger partial charge in [0.1, 0.15) is 5.82 Å². The number of benzene rings is 1. The van der Waals surface area contributed by atoms with Crippen molar-refractivity contribution in [2.45, 2.75) is 50.7 Å². The lowest BCUT2D eigenvalue weighted by Crippen LogP contribution is -2.48. The van der Waals surface area contributed by atoms with Crippen LogP contribution in [0.2, 0.25) is 0 Å². The first-order valence-corrected chi connectivity index (χ1v) is 6.56. The van der Waals surface area contributed by atoms with Crippen molar-refractivity contribution in [3.63, 3.8) is 0 Å². The average Bonchev–Trinajstić information content (AvgIpc) is 2.32. The third-order valence-electron chi connectivity index (χ3n) is 3.92. The minimum absolute atomic E-state index is 0.240. The van der Waals surface area contributed by atoms with E-state index >= 15 is 0 Å². The summed E-state index contributed by atoms with van der Waals surface area (Å²) >= 11 is 0. The molecule has 100 valence electrons. The molecule has 0 radical (unpaired) electrons. The van der Waals surface area contributed by atoms with Crippen LogP contribution in [-0.4, -0.2) is 22.9 Å². The predicted molar refractivity (Wildman–Crippen MR) is 68.9 cm³/mol. The maximum atomic E-state index is 12.9. The summed E-state index contributed by atoms with van der Waals surface area (Å²) in [5.41, 5.74) is -0.00677. The molecule has 0 amide bonds. The molecule has 18 heavy (non-hydrogen) atoms. The third kappa shape index (κ3) is 3.09. The quantitative estimate of drug-likeness (QED) is 0.895. The highest BCUT2D eigenvalue weighted by molar-refractivity contribution is 5.18. The van der Waals surface area contributed by atoms with Gasteiger partial charge in [-0.1, -0.05) is 19.1 Å². The van der Waals surface area contributed by atoms with Crippen molar-refractivity contribution >= 4 is 0 Å². The lowest BCUT2D eigenvalue weighted by Gasteiger charge is -2.43. The van der Waals surface area contributed by atoms with Gasteiger partial charge in [0.25, 0.3) is 0 Å². The van der Waals surface area contributed by atoms with Gasteiger partial charge in [0, 0.05) is 12.8 Å². The topological polar surface area (TPSA) is 29.5 Å². The molecule has 1 N–H and O–H groups in total. The molecule has 1 fully saturated rings. The second kappa shape index (κ2) is 4.98. The van der Waals surface area contributed by atoms with Crippen molar-refractivity contribution in [3.8, 4) is 0 Å². The second-order valence-electron chi connectivity index (χ2n) is 5.61. The third-order valence-corrected chi connectivity index (χ3v) is 3.92. The van der Waals surface area contributed by atoms with E-state index in [0.717, 1.165) is 12.0 Å². The maximum Gasteiger partial charge on any atom is 0.123 e. The van der Waals surface area contributed by atoms with Crippen LogP contribution in [0.25, 0.3) is 0 Å². The molecular formula is C15H21FO2. The van der Waals surface area contributed by atoms with Crippen LogP contribution in [0, 0.1) is 5.82 Å². The Hall–Kier alpha value is -0.930. The minimum Gasteiger partial charge on any atom is -0.389 e. The summed E-state index contributed by atoms with van der Waals surface area (Å²) in [5, 5.41) is 10.7. The molecule has 2 nitrogen and oxygen atoms in total. The van der Waals surface area contributed by atoms with Gasteiger partial charge in [0.15, 0.2) is 0 Å². The number of rotatable bonds is 3. The van der Waals surface area contributed by atoms with Crippen LogP contribution in [0.1, 0.15) is 38.7 Å². The van der Waals surface area contributed by atoms with E-state index in [1.165, 1.54) is 12.1 Å². The number of ether oxygens (including phenoxy) is 1. The van der Waals surface area contributed by atoms with E-state index in [1.54, 1.807) is 12.1 Å². The Morgan fingerprint density at radius 1 is 1.33 bits per heavy atom. The lowest BCUT2D eigenvalue weighted by molar-refractivity contribution is -0.152. The number of aliphatic hydroxyl groups is 1. The van der Waals surface area contributed by atoms with Gasteiger partial charge in [0.05, 0.1) is 17.8 Å². The van der Waals surface area contributed by atoms with Crippen molar-refractivity contribution in [2.75, 3.05) is 6.61 Å². The Balaban J connectivity index is 2.09. The van der Waals surface area contributed by atoms with Crippen LogP contribution < -0.4 is 0 Å². The van der Waals surface area contributed by atoms with Crippen LogP contribution in [0.15, 0.2) is 24.3 Å². The van der Waals surface area contributed by atoms with Gasteiger partial charge in [-0.25, -0.2) is 4.39 Å². The smallest absolute Gasteiger partial charge is 0.123 e. The fraction of sp³-hybridized carbons (Fsp3) is 0.600. The molecular weight excluding hydrogens is 231 g/mol. The zero-order valence-electron chi connectivity index (χ0n) is 11.1. The molecule has 2 rings (SSSR count). The zero-order valence-corrected chi connectivity index (χ0v) is 11.1. The number of hydrogen-bond donors (Lipinski definition) is 1. The molecule has 2 unspecified atom stereocenters. The Kier molecular flexibility index (Phi) is 3.74. The molecule has 1 aliphatic heterocycles. The van der Waals surface area contributed by atoms with Gasteiger partial charge < -0.3 is 9.84 Å². The van der Waals surface area contributed by atoms with Gasteiger partial charge in [-0.2, -0.15) is 0 Å². The highest BCUT2D eigenvalue weighted by atomic mass is 19.1. The van der Waals surface area contributed by atoms with Crippen molar-refractivity contribution in [1.82, 2.24) is 0 Å². The van der Waals surface area contributed by atoms with Gasteiger partial charge in [0.2, 0.25) is 0 Å². The first kappa shape index (κ1) is 13.5. The summed E-state index contributed by atoms with van der Waals surface area (Å²) in [6, 6.07) is 6.37. The SMILES string of the molecule is CCC1(C)CC(O)(Cc2ccc(F)cc2)CCO1. The standard InChI is InChI=1S/C15H21FO2/c1-3-14(2)11-15(17,8-9-18-14)10-12-4-6-13(16)7-5-12/h4-7,17H,3,8-11H2,1-2H3. The molecule has 2 atom stereocenters. The zero-order chi connectivity index (χ0) is 13.2. The summed E-state index contributed by atoms with van der Waals surface area (Å²) in [7, 11) is 0. The first-order valence-electron chi connectivity index (χ1n) is 6.56. The molecule has 0 spiro atoms. The molecule has 1 aromatic carbocycles. The van der Waals surface area contributed by atoms with E-state index in [9.17, 15) is 9.50 Å². The lowest BCUT2D eigenvalue weighted by atomic mass is 9.78. The summed E-state index contributed by atoms with van der Waals surface area (Å²) in [4.78, 5) is 0. The normalized spacial score (nSPS) is 32.4. The number of hydrogen-bond acceptors (Lipinski definition) is 2. The van der Waals surface area contributed by atoms with Gasteiger partial charge >= 0.3 is 0 Å². The molecule has 3 heteroatoms. The number of halogens is 1. The van der Waals surface area contributed by atoms with Crippen LogP contribution in [-0.2, 0) is 11.2 Å². The minimum atomic E-state index is -0.735. The molecule has 0 aliphatic carbocycles. The Morgan fingerprint density at radius 3 is 2.61 bits per heavy atom. The van der Waals surface area contributed by atoms with Crippen LogP contribution in [0.4, 0.5) is 4.39 Å². The Bertz CT molecular complexity index is 403. The van der Waals surface area contributed by atoms with E-state index in [-0.39, 0.29) is 11.4 Å². The van der Waals surface area contributed by atoms with E-state index in [1.807, 2.05) is 6.92 Å². The average molecular weight is 252 g/mol. The highest BCUT2D eigenvalue weighted by Gasteiger charge is 2.40. The molecule has 1 aromatic rings. The van der Waals surface area contributed by atoms with E-state index in [2.05, 4.69) is 6.92 Å².